The van der Waals surface area contributed by atoms with E-state index in [4.69, 9.17) is 0 Å². The first-order valence-corrected chi connectivity index (χ1v) is 7.31. The van der Waals surface area contributed by atoms with Crippen molar-refractivity contribution in [3.05, 3.63) is 29.3 Å². The lowest BCUT2D eigenvalue weighted by Crippen LogP contribution is -2.50. The van der Waals surface area contributed by atoms with Gasteiger partial charge in [-0.05, 0) is 56.5 Å². The quantitative estimate of drug-likeness (QED) is 0.884. The Morgan fingerprint density at radius 1 is 1.42 bits per heavy atom. The first-order chi connectivity index (χ1) is 9.17. The Kier molecular flexibility index (Phi) is 3.09. The number of nitrogens with zero attached hydrogens (tertiary/aromatic N) is 1. The highest BCUT2D eigenvalue weighted by molar-refractivity contribution is 6.07. The molecule has 0 radical (unpaired) electrons. The molecule has 1 saturated heterocycles. The molecule has 0 bridgehead atoms. The predicted octanol–water partition coefficient (Wildman–Crippen LogP) is 2.69. The van der Waals surface area contributed by atoms with E-state index >= 15 is 0 Å². The second-order valence-electron chi connectivity index (χ2n) is 5.91. The number of carbonyl (C=O) groups excluding carboxylic acids is 1. The summed E-state index contributed by atoms with van der Waals surface area (Å²) in [5, 5.41) is 3.10. The largest absolute Gasteiger partial charge is 0.325 e. The van der Waals surface area contributed by atoms with E-state index in [1.54, 1.807) is 0 Å². The molecule has 1 aromatic rings. The Bertz CT molecular complexity index is 509. The van der Waals surface area contributed by atoms with Crippen LogP contribution in [0.1, 0.15) is 37.3 Å². The molecule has 1 fully saturated rings. The van der Waals surface area contributed by atoms with Crippen LogP contribution in [0.4, 0.5) is 5.69 Å². The van der Waals surface area contributed by atoms with E-state index in [2.05, 4.69) is 30.1 Å². The van der Waals surface area contributed by atoms with Crippen LogP contribution in [0.2, 0.25) is 0 Å². The van der Waals surface area contributed by atoms with Gasteiger partial charge in [-0.3, -0.25) is 4.79 Å². The van der Waals surface area contributed by atoms with Crippen molar-refractivity contribution in [1.82, 2.24) is 4.90 Å². The molecular weight excluding hydrogens is 236 g/mol. The highest BCUT2D eigenvalue weighted by atomic mass is 16.2. The van der Waals surface area contributed by atoms with Gasteiger partial charge >= 0.3 is 0 Å². The van der Waals surface area contributed by atoms with Crippen LogP contribution in [-0.4, -0.2) is 30.4 Å². The topological polar surface area (TPSA) is 32.3 Å². The number of benzene rings is 1. The molecule has 1 aromatic carbocycles. The Morgan fingerprint density at radius 2 is 2.26 bits per heavy atom. The average Bonchev–Trinajstić information content (AvgIpc) is 2.64. The minimum absolute atomic E-state index is 0.206. The summed E-state index contributed by atoms with van der Waals surface area (Å²) in [6.45, 7) is 7.43. The van der Waals surface area contributed by atoms with Gasteiger partial charge in [0.15, 0.2) is 0 Å². The van der Waals surface area contributed by atoms with E-state index in [-0.39, 0.29) is 11.3 Å². The molecule has 1 N–H and O–H groups in total. The number of anilines is 1. The van der Waals surface area contributed by atoms with Crippen molar-refractivity contribution in [1.29, 1.82) is 0 Å². The zero-order valence-electron chi connectivity index (χ0n) is 11.8. The summed E-state index contributed by atoms with van der Waals surface area (Å²) < 4.78 is 0. The fourth-order valence-electron chi connectivity index (χ4n) is 3.80. The molecular formula is C16H22N2O. The van der Waals surface area contributed by atoms with Gasteiger partial charge in [-0.15, -0.1) is 0 Å². The number of hydrogen-bond donors (Lipinski definition) is 1. The van der Waals surface area contributed by atoms with Crippen molar-refractivity contribution in [3.63, 3.8) is 0 Å². The molecule has 3 heteroatoms. The van der Waals surface area contributed by atoms with Crippen molar-refractivity contribution in [2.24, 2.45) is 0 Å². The summed E-state index contributed by atoms with van der Waals surface area (Å²) in [5.74, 6) is 0.206. The molecule has 1 amide bonds. The summed E-state index contributed by atoms with van der Waals surface area (Å²) in [6.07, 6.45) is 3.25. The Balaban J connectivity index is 2.02. The smallest absolute Gasteiger partial charge is 0.236 e. The lowest BCUT2D eigenvalue weighted by atomic mass is 9.73. The number of piperidine rings is 1. The number of hydrogen-bond acceptors (Lipinski definition) is 2. The van der Waals surface area contributed by atoms with E-state index < -0.39 is 0 Å². The van der Waals surface area contributed by atoms with E-state index in [0.29, 0.717) is 0 Å². The third-order valence-electron chi connectivity index (χ3n) is 4.55. The van der Waals surface area contributed by atoms with Crippen LogP contribution < -0.4 is 5.32 Å². The van der Waals surface area contributed by atoms with Gasteiger partial charge in [-0.1, -0.05) is 19.1 Å². The maximum Gasteiger partial charge on any atom is 0.236 e. The molecule has 2 aliphatic heterocycles. The molecule has 3 rings (SSSR count). The molecule has 2 aliphatic rings. The summed E-state index contributed by atoms with van der Waals surface area (Å²) in [4.78, 5) is 15.0. The average molecular weight is 258 g/mol. The molecule has 0 saturated carbocycles. The number of fused-ring (bicyclic) bond motifs is 2. The van der Waals surface area contributed by atoms with Crippen LogP contribution in [0.5, 0.6) is 0 Å². The lowest BCUT2D eigenvalue weighted by Gasteiger charge is -2.39. The lowest BCUT2D eigenvalue weighted by molar-refractivity contribution is -0.122. The van der Waals surface area contributed by atoms with E-state index in [1.807, 2.05) is 12.1 Å². The Hall–Kier alpha value is -1.35. The second-order valence-corrected chi connectivity index (χ2v) is 5.91. The fourth-order valence-corrected chi connectivity index (χ4v) is 3.80. The van der Waals surface area contributed by atoms with E-state index in [0.717, 1.165) is 44.6 Å². The number of rotatable bonds is 2. The van der Waals surface area contributed by atoms with E-state index in [9.17, 15) is 4.79 Å². The van der Waals surface area contributed by atoms with Crippen LogP contribution in [-0.2, 0) is 10.2 Å². The molecule has 0 aliphatic carbocycles. The summed E-state index contributed by atoms with van der Waals surface area (Å²) >= 11 is 0. The standard InChI is InChI=1S/C16H22N2O/c1-3-9-18-10-5-8-16(11-18)14-12(2)6-4-7-13(14)17-15(16)19/h4,6-7H,3,5,8-11H2,1-2H3,(H,17,19). The number of aryl methyl sites for hydroxylation is 1. The molecule has 1 spiro atoms. The Morgan fingerprint density at radius 3 is 3.05 bits per heavy atom. The monoisotopic (exact) mass is 258 g/mol. The molecule has 2 heterocycles. The first-order valence-electron chi connectivity index (χ1n) is 7.31. The van der Waals surface area contributed by atoms with Gasteiger partial charge in [0, 0.05) is 12.2 Å². The SMILES string of the molecule is CCCN1CCCC2(C1)C(=O)Nc1cccc(C)c12. The van der Waals surface area contributed by atoms with Crippen molar-refractivity contribution in [2.45, 2.75) is 38.5 Å². The molecule has 3 nitrogen and oxygen atoms in total. The van der Waals surface area contributed by atoms with Crippen molar-refractivity contribution >= 4 is 11.6 Å². The van der Waals surface area contributed by atoms with Gasteiger partial charge in [0.2, 0.25) is 5.91 Å². The number of likely N-dealkylation sites (tertiary alicyclic amines) is 1. The van der Waals surface area contributed by atoms with Crippen LogP contribution in [0.25, 0.3) is 0 Å². The van der Waals surface area contributed by atoms with Gasteiger partial charge in [-0.2, -0.15) is 0 Å². The highest BCUT2D eigenvalue weighted by Gasteiger charge is 2.49. The number of amides is 1. The first kappa shape index (κ1) is 12.7. The summed E-state index contributed by atoms with van der Waals surface area (Å²) in [7, 11) is 0. The predicted molar refractivity (Wildman–Crippen MR) is 77.5 cm³/mol. The fraction of sp³-hybridized carbons (Fsp3) is 0.562. The van der Waals surface area contributed by atoms with Gasteiger partial charge in [-0.25, -0.2) is 0 Å². The maximum atomic E-state index is 12.6. The molecule has 102 valence electrons. The van der Waals surface area contributed by atoms with Gasteiger partial charge in [0.05, 0.1) is 5.41 Å². The molecule has 1 atom stereocenters. The second kappa shape index (κ2) is 4.64. The number of nitrogens with one attached hydrogen (secondary N) is 1. The molecule has 19 heavy (non-hydrogen) atoms. The number of carbonyl (C=O) groups is 1. The van der Waals surface area contributed by atoms with Crippen LogP contribution in [0.3, 0.4) is 0 Å². The minimum Gasteiger partial charge on any atom is -0.325 e. The van der Waals surface area contributed by atoms with E-state index in [1.165, 1.54) is 11.1 Å². The van der Waals surface area contributed by atoms with Crippen molar-refractivity contribution < 1.29 is 4.79 Å². The molecule has 1 unspecified atom stereocenters. The zero-order chi connectivity index (χ0) is 13.5. The van der Waals surface area contributed by atoms with Crippen LogP contribution >= 0.6 is 0 Å². The Labute approximate surface area is 115 Å². The normalized spacial score (nSPS) is 26.5. The molecule has 0 aromatic heterocycles. The maximum absolute atomic E-state index is 12.6. The minimum atomic E-state index is -0.298. The van der Waals surface area contributed by atoms with Gasteiger partial charge < -0.3 is 10.2 Å². The van der Waals surface area contributed by atoms with Crippen LogP contribution in [0, 0.1) is 6.92 Å². The van der Waals surface area contributed by atoms with Crippen molar-refractivity contribution in [2.75, 3.05) is 25.0 Å². The van der Waals surface area contributed by atoms with Crippen molar-refractivity contribution in [3.8, 4) is 0 Å². The summed E-state index contributed by atoms with van der Waals surface area (Å²) in [6, 6.07) is 6.19. The summed E-state index contributed by atoms with van der Waals surface area (Å²) in [5.41, 5.74) is 3.23. The third kappa shape index (κ3) is 1.88. The van der Waals surface area contributed by atoms with Gasteiger partial charge in [0.25, 0.3) is 0 Å². The third-order valence-corrected chi connectivity index (χ3v) is 4.55. The van der Waals surface area contributed by atoms with Crippen LogP contribution in [0.15, 0.2) is 18.2 Å². The van der Waals surface area contributed by atoms with Gasteiger partial charge in [0.1, 0.15) is 0 Å². The zero-order valence-corrected chi connectivity index (χ0v) is 11.8. The highest BCUT2D eigenvalue weighted by Crippen LogP contribution is 2.45.